The molecule has 0 spiro atoms. The van der Waals surface area contributed by atoms with E-state index in [0.29, 0.717) is 23.4 Å². The molecule has 1 aromatic heterocycles. The molecule has 1 unspecified atom stereocenters. The number of anilines is 1. The van der Waals surface area contributed by atoms with Crippen LogP contribution < -0.4 is 14.8 Å². The van der Waals surface area contributed by atoms with Crippen LogP contribution in [0, 0.1) is 5.82 Å². The van der Waals surface area contributed by atoms with Gasteiger partial charge in [-0.25, -0.2) is 9.40 Å². The molecule has 3 aromatic rings. The van der Waals surface area contributed by atoms with Crippen molar-refractivity contribution < 1.29 is 23.5 Å². The van der Waals surface area contributed by atoms with Gasteiger partial charge in [-0.1, -0.05) is 42.4 Å². The fraction of sp³-hybridized carbons (Fsp3) is 0.240. The summed E-state index contributed by atoms with van der Waals surface area (Å²) in [4.78, 5) is 25.2. The van der Waals surface area contributed by atoms with E-state index in [1.54, 1.807) is 30.3 Å². The maximum absolute atomic E-state index is 14.3. The Labute approximate surface area is 222 Å². The van der Waals surface area contributed by atoms with Crippen LogP contribution in [-0.2, 0) is 6.54 Å². The van der Waals surface area contributed by atoms with Gasteiger partial charge in [0, 0.05) is 11.3 Å². The Morgan fingerprint density at radius 2 is 1.81 bits per heavy atom. The summed E-state index contributed by atoms with van der Waals surface area (Å²) in [5.74, 6) is -0.778. The maximum Gasteiger partial charge on any atom is 0.302 e. The highest BCUT2D eigenvalue weighted by atomic mass is 35.5. The van der Waals surface area contributed by atoms with Crippen molar-refractivity contribution in [3.63, 3.8) is 0 Å². The van der Waals surface area contributed by atoms with Crippen molar-refractivity contribution in [2.75, 3.05) is 19.5 Å². The molecule has 4 rings (SSSR count). The van der Waals surface area contributed by atoms with E-state index in [9.17, 15) is 14.0 Å². The number of hydrazone groups is 1. The average Bonchev–Trinajstić information content (AvgIpc) is 2.90. The van der Waals surface area contributed by atoms with Crippen molar-refractivity contribution in [1.82, 2.24) is 15.2 Å². The van der Waals surface area contributed by atoms with Crippen LogP contribution in [0.3, 0.4) is 0 Å². The molecule has 37 heavy (non-hydrogen) atoms. The van der Waals surface area contributed by atoms with Crippen molar-refractivity contribution in [3.05, 3.63) is 76.3 Å². The van der Waals surface area contributed by atoms with Crippen LogP contribution in [0.25, 0.3) is 0 Å². The molecule has 1 aliphatic rings. The number of rotatable bonds is 8. The highest BCUT2D eigenvalue weighted by molar-refractivity contribution is 8.14. The third-order valence-electron chi connectivity index (χ3n) is 5.52. The van der Waals surface area contributed by atoms with Gasteiger partial charge < -0.3 is 14.8 Å². The fourth-order valence-corrected chi connectivity index (χ4v) is 4.73. The lowest BCUT2D eigenvalue weighted by molar-refractivity contribution is 0.102. The second-order valence-corrected chi connectivity index (χ2v) is 9.42. The molecule has 12 heteroatoms. The topological polar surface area (TPSA) is 106 Å². The van der Waals surface area contributed by atoms with Crippen LogP contribution in [0.2, 0.25) is 5.15 Å². The van der Waals surface area contributed by atoms with E-state index in [-0.39, 0.29) is 39.4 Å². The summed E-state index contributed by atoms with van der Waals surface area (Å²) in [6.45, 7) is 2.15. The number of benzene rings is 2. The minimum atomic E-state index is -0.552. The highest BCUT2D eigenvalue weighted by Crippen LogP contribution is 2.38. The number of hydrogen-bond donors (Lipinski definition) is 1. The zero-order valence-corrected chi connectivity index (χ0v) is 21.8. The van der Waals surface area contributed by atoms with Crippen molar-refractivity contribution in [1.29, 1.82) is 0 Å². The Morgan fingerprint density at radius 3 is 2.43 bits per heavy atom. The van der Waals surface area contributed by atoms with E-state index in [4.69, 9.17) is 21.1 Å². The number of halogens is 2. The van der Waals surface area contributed by atoms with Gasteiger partial charge in [0.15, 0.2) is 28.2 Å². The Bertz CT molecular complexity index is 1340. The largest absolute Gasteiger partial charge is 0.492 e. The molecule has 0 fully saturated rings. The van der Waals surface area contributed by atoms with Crippen LogP contribution in [0.5, 0.6) is 11.5 Å². The summed E-state index contributed by atoms with van der Waals surface area (Å²) in [6, 6.07) is 12.8. The van der Waals surface area contributed by atoms with Crippen molar-refractivity contribution in [2.45, 2.75) is 25.1 Å². The number of aromatic nitrogens is 2. The van der Waals surface area contributed by atoms with Crippen LogP contribution in [0.15, 0.2) is 53.6 Å². The SMILES string of the molecule is CCC1SC(=O)N(Cc2ccc(NC(=O)c3ccc(Cl)nn3)cc2)N=C1c1ccc(F)c(OC)c1OC. The lowest BCUT2D eigenvalue weighted by atomic mass is 10.0. The third-order valence-corrected chi connectivity index (χ3v) is 6.97. The first-order chi connectivity index (χ1) is 17.8. The Kier molecular flexibility index (Phi) is 8.24. The van der Waals surface area contributed by atoms with Crippen LogP contribution in [0.1, 0.15) is 35.0 Å². The normalized spacial score (nSPS) is 15.3. The number of amides is 2. The Morgan fingerprint density at radius 1 is 1.08 bits per heavy atom. The first kappa shape index (κ1) is 26.4. The monoisotopic (exact) mass is 543 g/mol. The lowest BCUT2D eigenvalue weighted by Gasteiger charge is -2.29. The number of carbonyl (C=O) groups is 2. The molecule has 0 bridgehead atoms. The first-order valence-corrected chi connectivity index (χ1v) is 12.5. The van der Waals surface area contributed by atoms with E-state index in [0.717, 1.165) is 17.3 Å². The number of hydrogen-bond acceptors (Lipinski definition) is 8. The quantitative estimate of drug-likeness (QED) is 0.406. The summed E-state index contributed by atoms with van der Waals surface area (Å²) in [5, 5.41) is 15.9. The van der Waals surface area contributed by atoms with Gasteiger partial charge in [0.25, 0.3) is 5.91 Å². The van der Waals surface area contributed by atoms with E-state index >= 15 is 0 Å². The fourth-order valence-electron chi connectivity index (χ4n) is 3.71. The minimum Gasteiger partial charge on any atom is -0.492 e. The smallest absolute Gasteiger partial charge is 0.302 e. The minimum absolute atomic E-state index is 0.0202. The summed E-state index contributed by atoms with van der Waals surface area (Å²) in [6.07, 6.45) is 0.637. The summed E-state index contributed by atoms with van der Waals surface area (Å²) >= 11 is 6.86. The molecule has 1 aliphatic heterocycles. The van der Waals surface area contributed by atoms with Crippen LogP contribution in [0.4, 0.5) is 14.9 Å². The first-order valence-electron chi connectivity index (χ1n) is 11.2. The number of nitrogens with one attached hydrogen (secondary N) is 1. The second-order valence-electron chi connectivity index (χ2n) is 7.88. The second kappa shape index (κ2) is 11.6. The van der Waals surface area contributed by atoms with Crippen molar-refractivity contribution >= 4 is 45.9 Å². The van der Waals surface area contributed by atoms with Gasteiger partial charge >= 0.3 is 5.24 Å². The van der Waals surface area contributed by atoms with Gasteiger partial charge in [-0.2, -0.15) is 5.10 Å². The molecule has 2 heterocycles. The molecule has 1 atom stereocenters. The number of carbonyl (C=O) groups excluding carboxylic acids is 2. The van der Waals surface area contributed by atoms with Crippen LogP contribution >= 0.6 is 23.4 Å². The standard InChI is InChI=1S/C25H23ClFN5O4S/c1-4-19-21(16-9-10-17(27)23(36-3)22(16)35-2)31-32(25(34)37-19)13-14-5-7-15(8-6-14)28-24(33)18-11-12-20(26)30-29-18/h5-12,19H,4,13H2,1-3H3,(H,28,33). The molecule has 2 aromatic carbocycles. The molecule has 0 radical (unpaired) electrons. The van der Waals surface area contributed by atoms with Gasteiger partial charge in [0.1, 0.15) is 0 Å². The van der Waals surface area contributed by atoms with Gasteiger partial charge in [0.05, 0.1) is 31.7 Å². The molecular weight excluding hydrogens is 521 g/mol. The summed E-state index contributed by atoms with van der Waals surface area (Å²) in [5.41, 5.74) is 2.61. The average molecular weight is 544 g/mol. The summed E-state index contributed by atoms with van der Waals surface area (Å²) < 4.78 is 24.9. The zero-order valence-electron chi connectivity index (χ0n) is 20.2. The number of methoxy groups -OCH3 is 2. The molecule has 0 saturated carbocycles. The molecule has 0 aliphatic carbocycles. The predicted octanol–water partition coefficient (Wildman–Crippen LogP) is 5.39. The molecule has 192 valence electrons. The summed E-state index contributed by atoms with van der Waals surface area (Å²) in [7, 11) is 2.80. The zero-order chi connectivity index (χ0) is 26.5. The molecule has 0 saturated heterocycles. The van der Waals surface area contributed by atoms with E-state index in [1.807, 2.05) is 6.92 Å². The molecule has 9 nitrogen and oxygen atoms in total. The van der Waals surface area contributed by atoms with E-state index < -0.39 is 11.7 Å². The Balaban J connectivity index is 1.55. The van der Waals surface area contributed by atoms with Crippen molar-refractivity contribution in [3.8, 4) is 11.5 Å². The van der Waals surface area contributed by atoms with Crippen LogP contribution in [-0.4, -0.2) is 51.5 Å². The highest BCUT2D eigenvalue weighted by Gasteiger charge is 2.33. The molecule has 2 amide bonds. The Hall–Kier alpha value is -3.70. The van der Waals surface area contributed by atoms with E-state index in [1.165, 1.54) is 37.4 Å². The number of nitrogens with zero attached hydrogens (tertiary/aromatic N) is 4. The van der Waals surface area contributed by atoms with Gasteiger partial charge in [-0.3, -0.25) is 9.59 Å². The van der Waals surface area contributed by atoms with Crippen molar-refractivity contribution in [2.24, 2.45) is 5.10 Å². The number of thioether (sulfide) groups is 1. The maximum atomic E-state index is 14.3. The number of ether oxygens (including phenoxy) is 2. The van der Waals surface area contributed by atoms with E-state index in [2.05, 4.69) is 20.6 Å². The third kappa shape index (κ3) is 5.83. The van der Waals surface area contributed by atoms with Gasteiger partial charge in [0.2, 0.25) is 0 Å². The predicted molar refractivity (Wildman–Crippen MR) is 140 cm³/mol. The molecule has 1 N–H and O–H groups in total. The molecular formula is C25H23ClFN5O4S. The van der Waals surface area contributed by atoms with Gasteiger partial charge in [-0.15, -0.1) is 10.2 Å². The van der Waals surface area contributed by atoms with Gasteiger partial charge in [-0.05, 0) is 48.4 Å². The lowest BCUT2D eigenvalue weighted by Crippen LogP contribution is -2.35.